The highest BCUT2D eigenvalue weighted by atomic mass is 32.1. The van der Waals surface area contributed by atoms with Crippen molar-refractivity contribution in [3.8, 4) is 0 Å². The summed E-state index contributed by atoms with van der Waals surface area (Å²) in [6.07, 6.45) is 11.1. The number of nitrogens with zero attached hydrogens (tertiary/aromatic N) is 3. The fourth-order valence-electron chi connectivity index (χ4n) is 3.10. The van der Waals surface area contributed by atoms with Crippen molar-refractivity contribution in [2.45, 2.75) is 65.2 Å². The molecule has 6 heteroatoms. The van der Waals surface area contributed by atoms with Crippen molar-refractivity contribution in [2.75, 3.05) is 18.0 Å². The van der Waals surface area contributed by atoms with Crippen LogP contribution in [0.5, 0.6) is 0 Å². The van der Waals surface area contributed by atoms with Crippen LogP contribution in [0.3, 0.4) is 0 Å². The van der Waals surface area contributed by atoms with Crippen molar-refractivity contribution in [1.82, 2.24) is 4.37 Å². The minimum Gasteiger partial charge on any atom is -0.366 e. The van der Waals surface area contributed by atoms with Crippen LogP contribution in [0.2, 0.25) is 0 Å². The molecule has 1 aromatic heterocycles. The van der Waals surface area contributed by atoms with E-state index in [1.165, 1.54) is 50.1 Å². The van der Waals surface area contributed by atoms with Crippen LogP contribution < -0.4 is 4.90 Å². The zero-order valence-corrected chi connectivity index (χ0v) is 16.2. The lowest BCUT2D eigenvalue weighted by molar-refractivity contribution is -0.384. The third kappa shape index (κ3) is 5.66. The van der Waals surface area contributed by atoms with E-state index in [-0.39, 0.29) is 10.6 Å². The van der Waals surface area contributed by atoms with Crippen LogP contribution in [0.25, 0.3) is 10.1 Å². The van der Waals surface area contributed by atoms with Crippen LogP contribution in [0.1, 0.15) is 65.2 Å². The number of anilines is 1. The minimum absolute atomic E-state index is 0.207. The molecule has 1 aromatic carbocycles. The van der Waals surface area contributed by atoms with E-state index in [0.29, 0.717) is 0 Å². The lowest BCUT2D eigenvalue weighted by atomic mass is 10.1. The Hall–Kier alpha value is -1.69. The molecular weight excluding hydrogens is 334 g/mol. The van der Waals surface area contributed by atoms with Crippen LogP contribution in [-0.4, -0.2) is 22.4 Å². The van der Waals surface area contributed by atoms with E-state index in [9.17, 15) is 10.1 Å². The van der Waals surface area contributed by atoms with E-state index in [1.807, 2.05) is 6.07 Å². The standard InChI is InChI=1S/C19H29N3O2S/c1-3-5-7-9-11-21(12-10-8-6-4-2)17-14-19-16(15-20-25-19)13-18(17)22(23)24/h13-15H,3-12H2,1-2H3. The van der Waals surface area contributed by atoms with Crippen LogP contribution in [-0.2, 0) is 0 Å². The van der Waals surface area contributed by atoms with Gasteiger partial charge < -0.3 is 4.90 Å². The second kappa shape index (κ2) is 10.3. The van der Waals surface area contributed by atoms with Crippen molar-refractivity contribution in [2.24, 2.45) is 0 Å². The highest BCUT2D eigenvalue weighted by molar-refractivity contribution is 7.13. The number of rotatable bonds is 12. The van der Waals surface area contributed by atoms with Gasteiger partial charge in [0.2, 0.25) is 0 Å². The molecule has 25 heavy (non-hydrogen) atoms. The summed E-state index contributed by atoms with van der Waals surface area (Å²) in [5.74, 6) is 0. The fraction of sp³-hybridized carbons (Fsp3) is 0.632. The molecule has 0 bridgehead atoms. The molecule has 138 valence electrons. The highest BCUT2D eigenvalue weighted by Crippen LogP contribution is 2.35. The lowest BCUT2D eigenvalue weighted by Crippen LogP contribution is -2.26. The summed E-state index contributed by atoms with van der Waals surface area (Å²) in [6, 6.07) is 3.64. The predicted octanol–water partition coefficient (Wildman–Crippen LogP) is 6.17. The number of hydrogen-bond acceptors (Lipinski definition) is 5. The van der Waals surface area contributed by atoms with Crippen molar-refractivity contribution < 1.29 is 4.92 Å². The molecule has 0 saturated carbocycles. The van der Waals surface area contributed by atoms with Gasteiger partial charge in [0.15, 0.2) is 0 Å². The number of aromatic nitrogens is 1. The van der Waals surface area contributed by atoms with E-state index in [1.54, 1.807) is 12.3 Å². The first kappa shape index (κ1) is 19.6. The van der Waals surface area contributed by atoms with Gasteiger partial charge in [0, 0.05) is 30.7 Å². The molecule has 5 nitrogen and oxygen atoms in total. The molecule has 0 aliphatic carbocycles. The summed E-state index contributed by atoms with van der Waals surface area (Å²) >= 11 is 1.40. The summed E-state index contributed by atoms with van der Waals surface area (Å²) in [5.41, 5.74) is 0.966. The van der Waals surface area contributed by atoms with Crippen molar-refractivity contribution in [3.05, 3.63) is 28.4 Å². The Morgan fingerprint density at radius 1 is 1.04 bits per heavy atom. The van der Waals surface area contributed by atoms with Gasteiger partial charge in [-0.15, -0.1) is 0 Å². The van der Waals surface area contributed by atoms with Gasteiger partial charge in [-0.1, -0.05) is 52.4 Å². The molecular formula is C19H29N3O2S. The molecule has 0 amide bonds. The lowest BCUT2D eigenvalue weighted by Gasteiger charge is -2.25. The molecule has 2 rings (SSSR count). The molecule has 0 N–H and O–H groups in total. The molecule has 0 aliphatic heterocycles. The Morgan fingerprint density at radius 2 is 1.68 bits per heavy atom. The minimum atomic E-state index is -0.252. The van der Waals surface area contributed by atoms with Gasteiger partial charge in [-0.2, -0.15) is 4.37 Å². The van der Waals surface area contributed by atoms with E-state index < -0.39 is 0 Å². The van der Waals surface area contributed by atoms with Crippen LogP contribution in [0, 0.1) is 10.1 Å². The zero-order chi connectivity index (χ0) is 18.1. The van der Waals surface area contributed by atoms with Gasteiger partial charge in [0.05, 0.1) is 9.62 Å². The number of nitro groups is 1. The third-order valence-electron chi connectivity index (χ3n) is 4.55. The largest absolute Gasteiger partial charge is 0.366 e. The second-order valence-electron chi connectivity index (χ2n) is 6.57. The first-order valence-corrected chi connectivity index (χ1v) is 10.2. The number of benzene rings is 1. The predicted molar refractivity (Wildman–Crippen MR) is 107 cm³/mol. The van der Waals surface area contributed by atoms with Gasteiger partial charge in [0.1, 0.15) is 5.69 Å². The molecule has 0 fully saturated rings. The zero-order valence-electron chi connectivity index (χ0n) is 15.4. The van der Waals surface area contributed by atoms with Crippen molar-refractivity contribution >= 4 is 33.0 Å². The van der Waals surface area contributed by atoms with Gasteiger partial charge in [-0.05, 0) is 30.4 Å². The Labute approximate surface area is 154 Å². The van der Waals surface area contributed by atoms with Crippen molar-refractivity contribution in [1.29, 1.82) is 0 Å². The van der Waals surface area contributed by atoms with Crippen molar-refractivity contribution in [3.63, 3.8) is 0 Å². The number of unbranched alkanes of at least 4 members (excludes halogenated alkanes) is 6. The highest BCUT2D eigenvalue weighted by Gasteiger charge is 2.21. The molecule has 2 aromatic rings. The van der Waals surface area contributed by atoms with Gasteiger partial charge in [-0.25, -0.2) is 0 Å². The maximum absolute atomic E-state index is 11.6. The molecule has 0 radical (unpaired) electrons. The Kier molecular flexibility index (Phi) is 8.12. The fourth-order valence-corrected chi connectivity index (χ4v) is 3.77. The van der Waals surface area contributed by atoms with Gasteiger partial charge in [0.25, 0.3) is 5.69 Å². The molecule has 0 saturated heterocycles. The average Bonchev–Trinajstić information content (AvgIpc) is 3.06. The molecule has 1 heterocycles. The summed E-state index contributed by atoms with van der Waals surface area (Å²) in [4.78, 5) is 13.6. The van der Waals surface area contributed by atoms with Crippen LogP contribution in [0.4, 0.5) is 11.4 Å². The molecule has 0 atom stereocenters. The Balaban J connectivity index is 2.21. The number of hydrogen-bond donors (Lipinski definition) is 0. The Bertz CT molecular complexity index is 660. The van der Waals surface area contributed by atoms with E-state index >= 15 is 0 Å². The normalized spacial score (nSPS) is 11.1. The topological polar surface area (TPSA) is 59.3 Å². The Morgan fingerprint density at radius 3 is 2.24 bits per heavy atom. The first-order chi connectivity index (χ1) is 12.2. The summed E-state index contributed by atoms with van der Waals surface area (Å²) in [5, 5.41) is 12.5. The molecule has 0 spiro atoms. The third-order valence-corrected chi connectivity index (χ3v) is 5.31. The molecule has 0 aliphatic rings. The number of nitro benzene ring substituents is 1. The summed E-state index contributed by atoms with van der Waals surface area (Å²) in [7, 11) is 0. The maximum Gasteiger partial charge on any atom is 0.293 e. The first-order valence-electron chi connectivity index (χ1n) is 9.45. The number of fused-ring (bicyclic) bond motifs is 1. The van der Waals surface area contributed by atoms with Gasteiger partial charge >= 0.3 is 0 Å². The maximum atomic E-state index is 11.6. The summed E-state index contributed by atoms with van der Waals surface area (Å²) in [6.45, 7) is 6.17. The van der Waals surface area contributed by atoms with Crippen LogP contribution in [0.15, 0.2) is 18.3 Å². The van der Waals surface area contributed by atoms with E-state index in [4.69, 9.17) is 0 Å². The molecule has 0 unspecified atom stereocenters. The van der Waals surface area contributed by atoms with E-state index in [0.717, 1.165) is 41.7 Å². The SMILES string of the molecule is CCCCCCN(CCCCCC)c1cc2sncc2cc1[N+](=O)[O-]. The average molecular weight is 364 g/mol. The summed E-state index contributed by atoms with van der Waals surface area (Å²) < 4.78 is 5.20. The quantitative estimate of drug-likeness (QED) is 0.257. The monoisotopic (exact) mass is 363 g/mol. The van der Waals surface area contributed by atoms with Gasteiger partial charge in [-0.3, -0.25) is 10.1 Å². The van der Waals surface area contributed by atoms with E-state index in [2.05, 4.69) is 23.1 Å². The smallest absolute Gasteiger partial charge is 0.293 e. The van der Waals surface area contributed by atoms with Crippen LogP contribution >= 0.6 is 11.5 Å². The second-order valence-corrected chi connectivity index (χ2v) is 7.40.